The smallest absolute Gasteiger partial charge is 0.315 e. The van der Waals surface area contributed by atoms with Crippen LogP contribution >= 0.6 is 11.6 Å². The maximum Gasteiger partial charge on any atom is 0.315 e. The Kier molecular flexibility index (Phi) is 6.31. The fourth-order valence-electron chi connectivity index (χ4n) is 3.28. The van der Waals surface area contributed by atoms with Crippen LogP contribution < -0.4 is 0 Å². The second kappa shape index (κ2) is 8.25. The number of hydrogen-bond acceptors (Lipinski definition) is 6. The number of carbonyl (C=O) groups excluding carboxylic acids is 3. The lowest BCUT2D eigenvalue weighted by Gasteiger charge is -2.37. The van der Waals surface area contributed by atoms with Gasteiger partial charge < -0.3 is 14.3 Å². The molecule has 0 spiro atoms. The van der Waals surface area contributed by atoms with E-state index in [9.17, 15) is 14.4 Å². The molecule has 4 atom stereocenters. The summed E-state index contributed by atoms with van der Waals surface area (Å²) < 4.78 is 10.0. The van der Waals surface area contributed by atoms with Crippen LogP contribution in [0.25, 0.3) is 0 Å². The van der Waals surface area contributed by atoms with Gasteiger partial charge in [-0.3, -0.25) is 14.6 Å². The molecule has 1 heterocycles. The van der Waals surface area contributed by atoms with E-state index in [0.29, 0.717) is 22.6 Å². The Labute approximate surface area is 151 Å². The van der Waals surface area contributed by atoms with Gasteiger partial charge in [0.15, 0.2) is 0 Å². The molecule has 0 radical (unpaired) electrons. The van der Waals surface area contributed by atoms with Gasteiger partial charge in [0.2, 0.25) is 0 Å². The Bertz CT molecular complexity index is 702. The molecule has 0 amide bonds. The van der Waals surface area contributed by atoms with Crippen LogP contribution in [-0.2, 0) is 23.9 Å². The third-order valence-corrected chi connectivity index (χ3v) is 4.68. The molecule has 0 N–H and O–H groups in total. The fraction of sp³-hybridized carbons (Fsp3) is 0.444. The van der Waals surface area contributed by atoms with Gasteiger partial charge in [-0.05, 0) is 25.5 Å². The number of methoxy groups -OCH3 is 1. The minimum Gasteiger partial charge on any atom is -0.468 e. The monoisotopic (exact) mass is 365 g/mol. The van der Waals surface area contributed by atoms with Gasteiger partial charge >= 0.3 is 11.9 Å². The first kappa shape index (κ1) is 19.1. The molecule has 7 heteroatoms. The maximum absolute atomic E-state index is 12.6. The Balaban J connectivity index is 2.67. The molecule has 1 aliphatic rings. The second-order valence-electron chi connectivity index (χ2n) is 5.72. The maximum atomic E-state index is 12.6. The Morgan fingerprint density at radius 2 is 1.96 bits per heavy atom. The molecule has 1 aliphatic heterocycles. The predicted molar refractivity (Wildman–Crippen MR) is 92.8 cm³/mol. The standard InChI is InChI=1S/C18H20ClNO5/c1-4-25-18(23)16-13(9-21)20-10(2)14(17(22)24-3)15(16)11-7-5-6-8-12(11)19/h5-9,13-16H,4H2,1-3H3. The number of carbonyl (C=O) groups is 3. The highest BCUT2D eigenvalue weighted by Gasteiger charge is 2.49. The Hall–Kier alpha value is -2.21. The molecule has 0 aromatic heterocycles. The quantitative estimate of drug-likeness (QED) is 0.591. The SMILES string of the molecule is CCOC(=O)C1C(C=O)N=C(C)C(C(=O)OC)C1c1ccccc1Cl. The summed E-state index contributed by atoms with van der Waals surface area (Å²) in [4.78, 5) is 40.8. The molecule has 1 aromatic rings. The minimum atomic E-state index is -0.954. The number of nitrogens with zero attached hydrogens (tertiary/aromatic N) is 1. The van der Waals surface area contributed by atoms with E-state index in [4.69, 9.17) is 21.1 Å². The highest BCUT2D eigenvalue weighted by atomic mass is 35.5. The number of aldehydes is 1. The van der Waals surface area contributed by atoms with E-state index in [1.165, 1.54) is 7.11 Å². The topological polar surface area (TPSA) is 82.0 Å². The van der Waals surface area contributed by atoms with Crippen LogP contribution in [0.3, 0.4) is 0 Å². The van der Waals surface area contributed by atoms with Crippen molar-refractivity contribution >= 4 is 35.5 Å². The summed E-state index contributed by atoms with van der Waals surface area (Å²) >= 11 is 6.32. The zero-order chi connectivity index (χ0) is 18.6. The van der Waals surface area contributed by atoms with Crippen molar-refractivity contribution in [1.29, 1.82) is 0 Å². The third-order valence-electron chi connectivity index (χ3n) is 4.33. The molecule has 0 aliphatic carbocycles. The summed E-state index contributed by atoms with van der Waals surface area (Å²) in [6, 6.07) is 5.97. The second-order valence-corrected chi connectivity index (χ2v) is 6.13. The molecule has 1 aromatic carbocycles. The van der Waals surface area contributed by atoms with Crippen molar-refractivity contribution in [3.8, 4) is 0 Å². The summed E-state index contributed by atoms with van der Waals surface area (Å²) in [5, 5.41) is 0.398. The summed E-state index contributed by atoms with van der Waals surface area (Å²) in [6.45, 7) is 3.47. The van der Waals surface area contributed by atoms with E-state index in [1.807, 2.05) is 0 Å². The van der Waals surface area contributed by atoms with Crippen molar-refractivity contribution in [3.05, 3.63) is 34.9 Å². The van der Waals surface area contributed by atoms with Gasteiger partial charge in [-0.25, -0.2) is 0 Å². The largest absolute Gasteiger partial charge is 0.468 e. The molecule has 4 unspecified atom stereocenters. The molecule has 0 saturated heterocycles. The lowest BCUT2D eigenvalue weighted by Crippen LogP contribution is -2.47. The first-order chi connectivity index (χ1) is 12.0. The van der Waals surface area contributed by atoms with Crippen molar-refractivity contribution in [1.82, 2.24) is 0 Å². The van der Waals surface area contributed by atoms with Gasteiger partial charge in [0.25, 0.3) is 0 Å². The average molecular weight is 366 g/mol. The molecule has 0 bridgehead atoms. The Morgan fingerprint density at radius 1 is 1.28 bits per heavy atom. The van der Waals surface area contributed by atoms with Crippen LogP contribution in [-0.4, -0.2) is 43.7 Å². The number of rotatable bonds is 5. The summed E-state index contributed by atoms with van der Waals surface area (Å²) in [6.07, 6.45) is 0.600. The van der Waals surface area contributed by atoms with Gasteiger partial charge in [0.05, 0.1) is 19.6 Å². The van der Waals surface area contributed by atoms with E-state index >= 15 is 0 Å². The van der Waals surface area contributed by atoms with Crippen LogP contribution in [0.5, 0.6) is 0 Å². The first-order valence-electron chi connectivity index (χ1n) is 7.94. The zero-order valence-electron chi connectivity index (χ0n) is 14.3. The van der Waals surface area contributed by atoms with Gasteiger partial charge in [0, 0.05) is 16.7 Å². The minimum absolute atomic E-state index is 0.155. The lowest BCUT2D eigenvalue weighted by molar-refractivity contribution is -0.153. The predicted octanol–water partition coefficient (Wildman–Crippen LogP) is 2.43. The summed E-state index contributed by atoms with van der Waals surface area (Å²) in [5.41, 5.74) is 1.01. The summed E-state index contributed by atoms with van der Waals surface area (Å²) in [7, 11) is 1.27. The molecule has 0 saturated carbocycles. The molecular formula is C18H20ClNO5. The van der Waals surface area contributed by atoms with Crippen molar-refractivity contribution in [3.63, 3.8) is 0 Å². The molecular weight excluding hydrogens is 346 g/mol. The first-order valence-corrected chi connectivity index (χ1v) is 8.32. The lowest BCUT2D eigenvalue weighted by atomic mass is 9.70. The highest BCUT2D eigenvalue weighted by Crippen LogP contribution is 2.43. The van der Waals surface area contributed by atoms with Gasteiger partial charge in [-0.1, -0.05) is 29.8 Å². The Morgan fingerprint density at radius 3 is 2.52 bits per heavy atom. The number of ether oxygens (including phenoxy) is 2. The highest BCUT2D eigenvalue weighted by molar-refractivity contribution is 6.31. The van der Waals surface area contributed by atoms with Crippen LogP contribution in [0.4, 0.5) is 0 Å². The number of aliphatic imine (C=N–C) groups is 1. The fourth-order valence-corrected chi connectivity index (χ4v) is 3.54. The normalized spacial score (nSPS) is 25.7. The van der Waals surface area contributed by atoms with E-state index < -0.39 is 35.7 Å². The van der Waals surface area contributed by atoms with Gasteiger partial charge in [0.1, 0.15) is 18.2 Å². The van der Waals surface area contributed by atoms with Crippen LogP contribution in [0.2, 0.25) is 5.02 Å². The van der Waals surface area contributed by atoms with Crippen molar-refractivity contribution in [2.75, 3.05) is 13.7 Å². The molecule has 134 valence electrons. The summed E-state index contributed by atoms with van der Waals surface area (Å²) in [5.74, 6) is -3.60. The number of halogens is 1. The van der Waals surface area contributed by atoms with Gasteiger partial charge in [-0.15, -0.1) is 0 Å². The van der Waals surface area contributed by atoms with Crippen molar-refractivity contribution in [2.45, 2.75) is 25.8 Å². The van der Waals surface area contributed by atoms with Crippen LogP contribution in [0.1, 0.15) is 25.3 Å². The van der Waals surface area contributed by atoms with E-state index in [1.54, 1.807) is 38.1 Å². The number of hydrogen-bond donors (Lipinski definition) is 0. The molecule has 6 nitrogen and oxygen atoms in total. The van der Waals surface area contributed by atoms with Crippen LogP contribution in [0.15, 0.2) is 29.3 Å². The zero-order valence-corrected chi connectivity index (χ0v) is 15.0. The molecule has 2 rings (SSSR count). The van der Waals surface area contributed by atoms with Crippen LogP contribution in [0, 0.1) is 11.8 Å². The number of esters is 2. The van der Waals surface area contributed by atoms with E-state index in [0.717, 1.165) is 0 Å². The number of benzene rings is 1. The van der Waals surface area contributed by atoms with Crippen molar-refractivity contribution < 1.29 is 23.9 Å². The molecule has 0 fully saturated rings. The van der Waals surface area contributed by atoms with Crippen molar-refractivity contribution in [2.24, 2.45) is 16.8 Å². The molecule has 25 heavy (non-hydrogen) atoms. The average Bonchev–Trinajstić information content (AvgIpc) is 2.60. The van der Waals surface area contributed by atoms with E-state index in [-0.39, 0.29) is 6.61 Å². The van der Waals surface area contributed by atoms with Gasteiger partial charge in [-0.2, -0.15) is 0 Å². The third kappa shape index (κ3) is 3.74. The van der Waals surface area contributed by atoms with E-state index in [2.05, 4.69) is 4.99 Å².